The van der Waals surface area contributed by atoms with Crippen molar-refractivity contribution in [1.29, 1.82) is 0 Å². The summed E-state index contributed by atoms with van der Waals surface area (Å²) in [5.41, 5.74) is 6.33. The molecule has 0 amide bonds. The molecule has 0 heterocycles. The molecule has 0 bridgehead atoms. The molecule has 0 spiro atoms. The van der Waals surface area contributed by atoms with Gasteiger partial charge in [-0.2, -0.15) is 0 Å². The molecular formula is C15H26N2O2. The molecule has 0 aromatic heterocycles. The van der Waals surface area contributed by atoms with E-state index >= 15 is 0 Å². The van der Waals surface area contributed by atoms with Crippen molar-refractivity contribution in [3.8, 4) is 5.75 Å². The van der Waals surface area contributed by atoms with Crippen LogP contribution in [0.5, 0.6) is 5.75 Å². The van der Waals surface area contributed by atoms with E-state index in [4.69, 9.17) is 15.3 Å². The summed E-state index contributed by atoms with van der Waals surface area (Å²) in [5.74, 6) is 6.59. The Morgan fingerprint density at radius 1 is 1.26 bits per heavy atom. The number of nitrogens with one attached hydrogen (secondary N) is 1. The summed E-state index contributed by atoms with van der Waals surface area (Å²) in [6, 6.07) is 4.22. The summed E-state index contributed by atoms with van der Waals surface area (Å²) < 4.78 is 11.1. The molecule has 0 aliphatic heterocycles. The first-order chi connectivity index (χ1) is 9.15. The van der Waals surface area contributed by atoms with Gasteiger partial charge in [-0.3, -0.25) is 11.3 Å². The summed E-state index contributed by atoms with van der Waals surface area (Å²) in [6.45, 7) is 7.74. The third-order valence-corrected chi connectivity index (χ3v) is 3.39. The zero-order valence-corrected chi connectivity index (χ0v) is 12.5. The topological polar surface area (TPSA) is 56.5 Å². The van der Waals surface area contributed by atoms with Gasteiger partial charge in [0.25, 0.3) is 0 Å². The van der Waals surface area contributed by atoms with Gasteiger partial charge in [0.05, 0.1) is 13.2 Å². The van der Waals surface area contributed by atoms with E-state index in [1.807, 2.05) is 0 Å². The summed E-state index contributed by atoms with van der Waals surface area (Å²) in [5, 5.41) is 0. The number of rotatable bonds is 8. The van der Waals surface area contributed by atoms with E-state index in [0.29, 0.717) is 6.61 Å². The van der Waals surface area contributed by atoms with Crippen molar-refractivity contribution in [2.75, 3.05) is 20.3 Å². The van der Waals surface area contributed by atoms with Crippen LogP contribution in [-0.2, 0) is 4.74 Å². The Balaban J connectivity index is 2.83. The molecule has 4 heteroatoms. The zero-order valence-electron chi connectivity index (χ0n) is 12.5. The Kier molecular flexibility index (Phi) is 6.84. The number of nitrogens with two attached hydrogens (primary N) is 1. The van der Waals surface area contributed by atoms with E-state index in [0.717, 1.165) is 36.3 Å². The first-order valence-electron chi connectivity index (χ1n) is 6.83. The second-order valence-electron chi connectivity index (χ2n) is 4.75. The lowest BCUT2D eigenvalue weighted by molar-refractivity contribution is 0.124. The van der Waals surface area contributed by atoms with Crippen molar-refractivity contribution in [3.05, 3.63) is 28.8 Å². The third kappa shape index (κ3) is 4.20. The predicted octanol–water partition coefficient (Wildman–Crippen LogP) is 2.63. The van der Waals surface area contributed by atoms with Gasteiger partial charge in [0, 0.05) is 18.8 Å². The average molecular weight is 266 g/mol. The third-order valence-electron chi connectivity index (χ3n) is 3.39. The van der Waals surface area contributed by atoms with E-state index in [1.54, 1.807) is 7.11 Å². The number of hydrogen-bond acceptors (Lipinski definition) is 4. The minimum Gasteiger partial charge on any atom is -0.496 e. The Hall–Kier alpha value is -1.10. The van der Waals surface area contributed by atoms with Crippen LogP contribution in [0.3, 0.4) is 0 Å². The predicted molar refractivity (Wildman–Crippen MR) is 78.3 cm³/mol. The molecule has 4 nitrogen and oxygen atoms in total. The fourth-order valence-electron chi connectivity index (χ4n) is 2.13. The van der Waals surface area contributed by atoms with Crippen molar-refractivity contribution < 1.29 is 9.47 Å². The van der Waals surface area contributed by atoms with Crippen LogP contribution in [-0.4, -0.2) is 20.3 Å². The molecule has 0 saturated heterocycles. The number of aryl methyl sites for hydroxylation is 1. The van der Waals surface area contributed by atoms with E-state index in [2.05, 4.69) is 38.3 Å². The highest BCUT2D eigenvalue weighted by Gasteiger charge is 2.17. The molecule has 0 saturated carbocycles. The number of ether oxygens (including phenoxy) is 2. The lowest BCUT2D eigenvalue weighted by Gasteiger charge is -2.21. The molecule has 0 radical (unpaired) electrons. The van der Waals surface area contributed by atoms with Gasteiger partial charge in [-0.25, -0.2) is 0 Å². The smallest absolute Gasteiger partial charge is 0.126 e. The molecule has 108 valence electrons. The lowest BCUT2D eigenvalue weighted by Crippen LogP contribution is -2.29. The van der Waals surface area contributed by atoms with Crippen molar-refractivity contribution in [1.82, 2.24) is 5.43 Å². The molecule has 1 aromatic rings. The Bertz CT molecular complexity index is 394. The van der Waals surface area contributed by atoms with Crippen LogP contribution in [0.4, 0.5) is 0 Å². The summed E-state index contributed by atoms with van der Waals surface area (Å²) in [4.78, 5) is 0. The quantitative estimate of drug-likeness (QED) is 0.431. The van der Waals surface area contributed by atoms with E-state index in [1.165, 1.54) is 5.56 Å². The molecule has 1 rings (SSSR count). The largest absolute Gasteiger partial charge is 0.496 e. The SMILES string of the molecule is CCCOCCC(NN)c1ccc(C)c(C)c1OC. The highest BCUT2D eigenvalue weighted by Crippen LogP contribution is 2.31. The second-order valence-corrected chi connectivity index (χ2v) is 4.75. The fourth-order valence-corrected chi connectivity index (χ4v) is 2.13. The van der Waals surface area contributed by atoms with Gasteiger partial charge in [0.2, 0.25) is 0 Å². The summed E-state index contributed by atoms with van der Waals surface area (Å²) >= 11 is 0. The van der Waals surface area contributed by atoms with Crippen LogP contribution < -0.4 is 16.0 Å². The van der Waals surface area contributed by atoms with Crippen LogP contribution in [0.1, 0.15) is 42.5 Å². The molecule has 1 aromatic carbocycles. The van der Waals surface area contributed by atoms with E-state index < -0.39 is 0 Å². The number of hydrazine groups is 1. The van der Waals surface area contributed by atoms with Crippen LogP contribution in [0.2, 0.25) is 0 Å². The average Bonchev–Trinajstić information content (AvgIpc) is 2.42. The molecule has 19 heavy (non-hydrogen) atoms. The van der Waals surface area contributed by atoms with Gasteiger partial charge in [-0.05, 0) is 37.8 Å². The lowest BCUT2D eigenvalue weighted by atomic mass is 9.98. The second kappa shape index (κ2) is 8.15. The van der Waals surface area contributed by atoms with Crippen molar-refractivity contribution >= 4 is 0 Å². The summed E-state index contributed by atoms with van der Waals surface area (Å²) in [6.07, 6.45) is 1.86. The van der Waals surface area contributed by atoms with Crippen LogP contribution in [0.25, 0.3) is 0 Å². The van der Waals surface area contributed by atoms with Gasteiger partial charge in [0.15, 0.2) is 0 Å². The van der Waals surface area contributed by atoms with Crippen LogP contribution in [0.15, 0.2) is 12.1 Å². The zero-order chi connectivity index (χ0) is 14.3. The van der Waals surface area contributed by atoms with Gasteiger partial charge < -0.3 is 9.47 Å². The Labute approximate surface area is 116 Å². The van der Waals surface area contributed by atoms with Gasteiger partial charge in [0.1, 0.15) is 5.75 Å². The molecule has 0 fully saturated rings. The Morgan fingerprint density at radius 2 is 2.00 bits per heavy atom. The van der Waals surface area contributed by atoms with Crippen LogP contribution in [0, 0.1) is 13.8 Å². The number of benzene rings is 1. The molecule has 3 N–H and O–H groups in total. The van der Waals surface area contributed by atoms with Crippen molar-refractivity contribution in [3.63, 3.8) is 0 Å². The highest BCUT2D eigenvalue weighted by molar-refractivity contribution is 5.46. The first-order valence-corrected chi connectivity index (χ1v) is 6.83. The minimum absolute atomic E-state index is 0.0473. The van der Waals surface area contributed by atoms with E-state index in [9.17, 15) is 0 Å². The summed E-state index contributed by atoms with van der Waals surface area (Å²) in [7, 11) is 1.70. The fraction of sp³-hybridized carbons (Fsp3) is 0.600. The highest BCUT2D eigenvalue weighted by atomic mass is 16.5. The van der Waals surface area contributed by atoms with Crippen LogP contribution >= 0.6 is 0 Å². The number of methoxy groups -OCH3 is 1. The maximum atomic E-state index is 5.67. The molecule has 1 unspecified atom stereocenters. The van der Waals surface area contributed by atoms with E-state index in [-0.39, 0.29) is 6.04 Å². The normalized spacial score (nSPS) is 12.5. The van der Waals surface area contributed by atoms with Gasteiger partial charge in [-0.1, -0.05) is 19.1 Å². The molecule has 1 atom stereocenters. The Morgan fingerprint density at radius 3 is 2.58 bits per heavy atom. The monoisotopic (exact) mass is 266 g/mol. The first kappa shape index (κ1) is 16.0. The van der Waals surface area contributed by atoms with Crippen molar-refractivity contribution in [2.45, 2.75) is 39.7 Å². The maximum absolute atomic E-state index is 5.67. The van der Waals surface area contributed by atoms with Gasteiger partial charge >= 0.3 is 0 Å². The number of hydrogen-bond donors (Lipinski definition) is 2. The molecule has 0 aliphatic rings. The minimum atomic E-state index is 0.0473. The van der Waals surface area contributed by atoms with Gasteiger partial charge in [-0.15, -0.1) is 0 Å². The maximum Gasteiger partial charge on any atom is 0.126 e. The molecule has 0 aliphatic carbocycles. The molecular weight excluding hydrogens is 240 g/mol. The standard InChI is InChI=1S/C15H26N2O2/c1-5-9-19-10-8-14(17-16)13-7-6-11(2)12(3)15(13)18-4/h6-7,14,17H,5,8-10,16H2,1-4H3. The van der Waals surface area contributed by atoms with Crippen molar-refractivity contribution in [2.24, 2.45) is 5.84 Å².